The molecule has 2 N–H and O–H groups in total. The molecule has 0 unspecified atom stereocenters. The Morgan fingerprint density at radius 1 is 1.14 bits per heavy atom. The zero-order chi connectivity index (χ0) is 15.2. The Balaban J connectivity index is 1.59. The molecule has 0 bridgehead atoms. The van der Waals surface area contributed by atoms with Crippen LogP contribution in [0.5, 0.6) is 5.88 Å². The summed E-state index contributed by atoms with van der Waals surface area (Å²) in [5.74, 6) is 0.424. The SMILES string of the molecule is O=C(Nc1ncn[nH]1)c1ccc(OCc2ccccc2)nc1. The number of benzene rings is 1. The maximum absolute atomic E-state index is 11.9. The van der Waals surface area contributed by atoms with E-state index in [1.54, 1.807) is 12.1 Å². The number of carbonyl (C=O) groups is 1. The van der Waals surface area contributed by atoms with E-state index in [0.29, 0.717) is 18.1 Å². The van der Waals surface area contributed by atoms with E-state index in [1.807, 2.05) is 30.3 Å². The van der Waals surface area contributed by atoms with Gasteiger partial charge in [0.25, 0.3) is 5.91 Å². The van der Waals surface area contributed by atoms with Crippen molar-refractivity contribution in [2.75, 3.05) is 5.32 Å². The van der Waals surface area contributed by atoms with Gasteiger partial charge in [0.1, 0.15) is 12.9 Å². The number of amides is 1. The number of nitrogens with one attached hydrogen (secondary N) is 2. The van der Waals surface area contributed by atoms with Crippen LogP contribution in [0.1, 0.15) is 15.9 Å². The van der Waals surface area contributed by atoms with E-state index in [4.69, 9.17) is 4.74 Å². The van der Waals surface area contributed by atoms with E-state index in [1.165, 1.54) is 12.5 Å². The molecule has 0 atom stereocenters. The molecular formula is C15H13N5O2. The first-order valence-electron chi connectivity index (χ1n) is 6.61. The fourth-order valence-corrected chi connectivity index (χ4v) is 1.78. The van der Waals surface area contributed by atoms with Gasteiger partial charge in [-0.1, -0.05) is 30.3 Å². The molecule has 7 heteroatoms. The summed E-state index contributed by atoms with van der Waals surface area (Å²) in [7, 11) is 0. The van der Waals surface area contributed by atoms with Gasteiger partial charge in [0.05, 0.1) is 5.56 Å². The van der Waals surface area contributed by atoms with Crippen molar-refractivity contribution in [3.63, 3.8) is 0 Å². The molecule has 0 saturated heterocycles. The first kappa shape index (κ1) is 13.7. The highest BCUT2D eigenvalue weighted by molar-refractivity contribution is 6.03. The van der Waals surface area contributed by atoms with E-state index in [0.717, 1.165) is 5.56 Å². The van der Waals surface area contributed by atoms with Gasteiger partial charge < -0.3 is 4.74 Å². The second kappa shape index (κ2) is 6.49. The molecule has 110 valence electrons. The van der Waals surface area contributed by atoms with Crippen molar-refractivity contribution in [3.8, 4) is 5.88 Å². The summed E-state index contributed by atoms with van der Waals surface area (Å²) < 4.78 is 5.56. The number of hydrogen-bond acceptors (Lipinski definition) is 5. The summed E-state index contributed by atoms with van der Waals surface area (Å²) in [5, 5.41) is 8.77. The van der Waals surface area contributed by atoms with Gasteiger partial charge >= 0.3 is 0 Å². The largest absolute Gasteiger partial charge is 0.473 e. The molecule has 0 spiro atoms. The second-order valence-corrected chi connectivity index (χ2v) is 4.45. The number of anilines is 1. The predicted molar refractivity (Wildman–Crippen MR) is 79.3 cm³/mol. The topological polar surface area (TPSA) is 92.8 Å². The highest BCUT2D eigenvalue weighted by atomic mass is 16.5. The summed E-state index contributed by atoms with van der Waals surface area (Å²) in [6, 6.07) is 13.1. The Kier molecular flexibility index (Phi) is 4.05. The van der Waals surface area contributed by atoms with Gasteiger partial charge in [-0.05, 0) is 11.6 Å². The highest BCUT2D eigenvalue weighted by Crippen LogP contribution is 2.11. The van der Waals surface area contributed by atoms with Gasteiger partial charge in [-0.25, -0.2) is 10.1 Å². The van der Waals surface area contributed by atoms with Crippen LogP contribution in [-0.4, -0.2) is 26.1 Å². The lowest BCUT2D eigenvalue weighted by Gasteiger charge is -2.06. The van der Waals surface area contributed by atoms with E-state index in [9.17, 15) is 4.79 Å². The predicted octanol–water partition coefficient (Wildman–Crippen LogP) is 2.03. The van der Waals surface area contributed by atoms with Crippen LogP contribution in [0.3, 0.4) is 0 Å². The molecule has 22 heavy (non-hydrogen) atoms. The quantitative estimate of drug-likeness (QED) is 0.751. The van der Waals surface area contributed by atoms with Crippen LogP contribution >= 0.6 is 0 Å². The third-order valence-electron chi connectivity index (χ3n) is 2.88. The van der Waals surface area contributed by atoms with Gasteiger partial charge in [0, 0.05) is 12.3 Å². The molecule has 3 rings (SSSR count). The van der Waals surface area contributed by atoms with Crippen molar-refractivity contribution in [1.82, 2.24) is 20.2 Å². The third kappa shape index (κ3) is 3.45. The smallest absolute Gasteiger partial charge is 0.259 e. The molecule has 0 radical (unpaired) electrons. The van der Waals surface area contributed by atoms with Gasteiger partial charge in [-0.2, -0.15) is 10.1 Å². The lowest BCUT2D eigenvalue weighted by atomic mass is 10.2. The Morgan fingerprint density at radius 2 is 2.00 bits per heavy atom. The van der Waals surface area contributed by atoms with Crippen molar-refractivity contribution in [2.45, 2.75) is 6.61 Å². The minimum Gasteiger partial charge on any atom is -0.473 e. The molecule has 1 amide bonds. The first-order chi connectivity index (χ1) is 10.8. The number of H-pyrrole nitrogens is 1. The standard InChI is InChI=1S/C15H13N5O2/c21-14(19-15-17-10-18-20-15)12-6-7-13(16-8-12)22-9-11-4-2-1-3-5-11/h1-8,10H,9H2,(H2,17,18,19,20,21). The molecule has 0 aliphatic carbocycles. The molecule has 0 fully saturated rings. The van der Waals surface area contributed by atoms with Crippen LogP contribution in [0.25, 0.3) is 0 Å². The highest BCUT2D eigenvalue weighted by Gasteiger charge is 2.08. The minimum atomic E-state index is -0.321. The van der Waals surface area contributed by atoms with E-state index < -0.39 is 0 Å². The summed E-state index contributed by atoms with van der Waals surface area (Å²) in [6.07, 6.45) is 2.76. The number of hydrogen-bond donors (Lipinski definition) is 2. The maximum atomic E-state index is 11.9. The number of aromatic amines is 1. The van der Waals surface area contributed by atoms with Crippen LogP contribution in [0.15, 0.2) is 55.0 Å². The molecule has 2 aromatic heterocycles. The van der Waals surface area contributed by atoms with Gasteiger partial charge in [0.15, 0.2) is 0 Å². The number of rotatable bonds is 5. The lowest BCUT2D eigenvalue weighted by molar-refractivity contribution is 0.102. The molecular weight excluding hydrogens is 282 g/mol. The molecule has 7 nitrogen and oxygen atoms in total. The van der Waals surface area contributed by atoms with Crippen molar-refractivity contribution >= 4 is 11.9 Å². The first-order valence-corrected chi connectivity index (χ1v) is 6.61. The number of ether oxygens (including phenoxy) is 1. The minimum absolute atomic E-state index is 0.286. The number of pyridine rings is 1. The second-order valence-electron chi connectivity index (χ2n) is 4.45. The van der Waals surface area contributed by atoms with Crippen LogP contribution in [0, 0.1) is 0 Å². The Bertz CT molecular complexity index is 726. The average Bonchev–Trinajstić information content (AvgIpc) is 3.07. The van der Waals surface area contributed by atoms with Crippen molar-refractivity contribution in [3.05, 3.63) is 66.1 Å². The summed E-state index contributed by atoms with van der Waals surface area (Å²) >= 11 is 0. The van der Waals surface area contributed by atoms with Crippen molar-refractivity contribution in [1.29, 1.82) is 0 Å². The molecule has 0 saturated carbocycles. The van der Waals surface area contributed by atoms with Crippen LogP contribution in [0.2, 0.25) is 0 Å². The third-order valence-corrected chi connectivity index (χ3v) is 2.88. The molecule has 0 aliphatic rings. The summed E-state index contributed by atoms with van der Waals surface area (Å²) in [4.78, 5) is 19.9. The zero-order valence-corrected chi connectivity index (χ0v) is 11.6. The molecule has 2 heterocycles. The Labute approximate surface area is 126 Å². The number of carbonyl (C=O) groups excluding carboxylic acids is 1. The monoisotopic (exact) mass is 295 g/mol. The fourth-order valence-electron chi connectivity index (χ4n) is 1.78. The summed E-state index contributed by atoms with van der Waals surface area (Å²) in [5.41, 5.74) is 1.46. The molecule has 3 aromatic rings. The number of aromatic nitrogens is 4. The van der Waals surface area contributed by atoms with Gasteiger partial charge in [-0.15, -0.1) is 0 Å². The molecule has 0 aliphatic heterocycles. The Hall–Kier alpha value is -3.22. The van der Waals surface area contributed by atoms with E-state index in [2.05, 4.69) is 25.5 Å². The lowest BCUT2D eigenvalue weighted by Crippen LogP contribution is -2.13. The van der Waals surface area contributed by atoms with E-state index >= 15 is 0 Å². The fraction of sp³-hybridized carbons (Fsp3) is 0.0667. The van der Waals surface area contributed by atoms with Crippen molar-refractivity contribution < 1.29 is 9.53 Å². The number of nitrogens with zero attached hydrogens (tertiary/aromatic N) is 3. The van der Waals surface area contributed by atoms with Gasteiger partial charge in [0.2, 0.25) is 11.8 Å². The maximum Gasteiger partial charge on any atom is 0.259 e. The van der Waals surface area contributed by atoms with Crippen LogP contribution < -0.4 is 10.1 Å². The average molecular weight is 295 g/mol. The zero-order valence-electron chi connectivity index (χ0n) is 11.6. The van der Waals surface area contributed by atoms with Crippen LogP contribution in [0.4, 0.5) is 5.95 Å². The van der Waals surface area contributed by atoms with Crippen molar-refractivity contribution in [2.24, 2.45) is 0 Å². The van der Waals surface area contributed by atoms with Crippen LogP contribution in [-0.2, 0) is 6.61 Å². The summed E-state index contributed by atoms with van der Waals surface area (Å²) in [6.45, 7) is 0.428. The molecule has 1 aromatic carbocycles. The Morgan fingerprint density at radius 3 is 2.68 bits per heavy atom. The normalized spacial score (nSPS) is 10.2. The van der Waals surface area contributed by atoms with E-state index in [-0.39, 0.29) is 11.9 Å². The van der Waals surface area contributed by atoms with Gasteiger partial charge in [-0.3, -0.25) is 10.1 Å².